The second kappa shape index (κ2) is 11.3. The number of hydrogen-bond acceptors (Lipinski definition) is 3. The van der Waals surface area contributed by atoms with E-state index in [1.54, 1.807) is 34.9 Å². The molecule has 0 saturated carbocycles. The van der Waals surface area contributed by atoms with Crippen molar-refractivity contribution in [1.82, 2.24) is 10.2 Å². The molecule has 0 spiro atoms. The molecule has 6 nitrogen and oxygen atoms in total. The first-order valence-electron chi connectivity index (χ1n) is 12.2. The van der Waals surface area contributed by atoms with Crippen LogP contribution in [0.3, 0.4) is 0 Å². The van der Waals surface area contributed by atoms with Gasteiger partial charge in [0.15, 0.2) is 0 Å². The van der Waals surface area contributed by atoms with E-state index in [1.807, 2.05) is 43.3 Å². The molecule has 4 rings (SSSR count). The van der Waals surface area contributed by atoms with E-state index in [2.05, 4.69) is 5.32 Å². The lowest BCUT2D eigenvalue weighted by atomic mass is 10.1. The van der Waals surface area contributed by atoms with Gasteiger partial charge in [-0.1, -0.05) is 60.5 Å². The fourth-order valence-electron chi connectivity index (χ4n) is 4.55. The van der Waals surface area contributed by atoms with E-state index in [9.17, 15) is 14.4 Å². The zero-order valence-corrected chi connectivity index (χ0v) is 21.9. The number of nitrogens with zero attached hydrogens (tertiary/aromatic N) is 2. The summed E-state index contributed by atoms with van der Waals surface area (Å²) in [6, 6.07) is 16.1. The minimum Gasteiger partial charge on any atom is -0.354 e. The van der Waals surface area contributed by atoms with Crippen LogP contribution >= 0.6 is 23.2 Å². The van der Waals surface area contributed by atoms with Crippen molar-refractivity contribution in [3.05, 3.63) is 75.8 Å². The molecule has 0 aliphatic carbocycles. The molecule has 1 atom stereocenters. The molecule has 3 amide bonds. The highest BCUT2D eigenvalue weighted by molar-refractivity contribution is 6.42. The Bertz CT molecular complexity index is 1310. The van der Waals surface area contributed by atoms with Crippen LogP contribution in [-0.2, 0) is 16.1 Å². The Hall–Kier alpha value is -3.09. The van der Waals surface area contributed by atoms with Crippen LogP contribution < -0.4 is 10.2 Å². The molecule has 1 aliphatic heterocycles. The average molecular weight is 526 g/mol. The third-order valence-corrected chi connectivity index (χ3v) is 7.21. The summed E-state index contributed by atoms with van der Waals surface area (Å²) >= 11 is 12.2. The molecule has 3 aromatic rings. The van der Waals surface area contributed by atoms with Crippen molar-refractivity contribution in [3.8, 4) is 0 Å². The quantitative estimate of drug-likeness (QED) is 0.362. The molecule has 1 aliphatic rings. The smallest absolute Gasteiger partial charge is 0.258 e. The van der Waals surface area contributed by atoms with Crippen LogP contribution in [0.1, 0.15) is 49.0 Å². The van der Waals surface area contributed by atoms with E-state index in [0.717, 1.165) is 28.4 Å². The molecule has 3 aromatic carbocycles. The first-order valence-corrected chi connectivity index (χ1v) is 12.9. The van der Waals surface area contributed by atoms with Gasteiger partial charge in [-0.3, -0.25) is 14.4 Å². The molecule has 36 heavy (non-hydrogen) atoms. The normalized spacial score (nSPS) is 13.2. The Morgan fingerprint density at radius 1 is 1.06 bits per heavy atom. The second-order valence-corrected chi connectivity index (χ2v) is 9.79. The monoisotopic (exact) mass is 525 g/mol. The standard InChI is InChI=1S/C28H29Cl2N3O3/c1-3-14-31-27(35)18(2)33(17-19-12-13-22(29)23(30)16-19)25(34)11-6-15-32-24-10-5-8-20-7-4-9-21(26(20)24)28(32)36/h4-5,7-10,12-13,16,18H,3,6,11,14-15,17H2,1-2H3,(H,31,35)/t18-/m0/s1. The predicted molar refractivity (Wildman–Crippen MR) is 145 cm³/mol. The molecule has 0 aromatic heterocycles. The van der Waals surface area contributed by atoms with Crippen molar-refractivity contribution in [3.63, 3.8) is 0 Å². The highest BCUT2D eigenvalue weighted by Gasteiger charge is 2.30. The van der Waals surface area contributed by atoms with Gasteiger partial charge in [0, 0.05) is 37.0 Å². The van der Waals surface area contributed by atoms with E-state index in [-0.39, 0.29) is 30.7 Å². The van der Waals surface area contributed by atoms with Gasteiger partial charge in [-0.15, -0.1) is 0 Å². The van der Waals surface area contributed by atoms with Crippen LogP contribution in [0.4, 0.5) is 5.69 Å². The maximum Gasteiger partial charge on any atom is 0.258 e. The molecule has 1 heterocycles. The minimum absolute atomic E-state index is 0.0470. The fraction of sp³-hybridized carbons (Fsp3) is 0.321. The third kappa shape index (κ3) is 5.35. The number of carbonyl (C=O) groups excluding carboxylic acids is 3. The van der Waals surface area contributed by atoms with Crippen LogP contribution in [0.2, 0.25) is 10.0 Å². The summed E-state index contributed by atoms with van der Waals surface area (Å²) in [5, 5.41) is 5.67. The number of hydrogen-bond donors (Lipinski definition) is 1. The average Bonchev–Trinajstić information content (AvgIpc) is 3.15. The molecule has 8 heteroatoms. The Kier molecular flexibility index (Phi) is 8.17. The second-order valence-electron chi connectivity index (χ2n) is 8.98. The lowest BCUT2D eigenvalue weighted by Crippen LogP contribution is -2.47. The van der Waals surface area contributed by atoms with Gasteiger partial charge in [-0.05, 0) is 55.0 Å². The summed E-state index contributed by atoms with van der Waals surface area (Å²) in [7, 11) is 0. The highest BCUT2D eigenvalue weighted by Crippen LogP contribution is 2.37. The molecule has 0 bridgehead atoms. The Morgan fingerprint density at radius 3 is 2.53 bits per heavy atom. The number of nitrogens with one attached hydrogen (secondary N) is 1. The first kappa shape index (κ1) is 26.0. The van der Waals surface area contributed by atoms with E-state index >= 15 is 0 Å². The minimum atomic E-state index is -0.662. The Labute approximate surface area is 221 Å². The van der Waals surface area contributed by atoms with Crippen molar-refractivity contribution in [2.24, 2.45) is 0 Å². The van der Waals surface area contributed by atoms with Gasteiger partial charge in [0.25, 0.3) is 5.91 Å². The van der Waals surface area contributed by atoms with Crippen molar-refractivity contribution < 1.29 is 14.4 Å². The van der Waals surface area contributed by atoms with Crippen LogP contribution in [0.25, 0.3) is 10.8 Å². The molecule has 0 saturated heterocycles. The molecular weight excluding hydrogens is 497 g/mol. The molecule has 0 fully saturated rings. The van der Waals surface area contributed by atoms with Gasteiger partial charge in [0.1, 0.15) is 6.04 Å². The summed E-state index contributed by atoms with van der Waals surface area (Å²) in [6.07, 6.45) is 1.47. The number of amides is 3. The summed E-state index contributed by atoms with van der Waals surface area (Å²) in [5.41, 5.74) is 2.35. The molecule has 188 valence electrons. The van der Waals surface area contributed by atoms with Crippen LogP contribution in [0.15, 0.2) is 54.6 Å². The highest BCUT2D eigenvalue weighted by atomic mass is 35.5. The summed E-state index contributed by atoms with van der Waals surface area (Å²) < 4.78 is 0. The van der Waals surface area contributed by atoms with Crippen LogP contribution in [0, 0.1) is 0 Å². The molecule has 1 N–H and O–H groups in total. The maximum atomic E-state index is 13.4. The van der Waals surface area contributed by atoms with Gasteiger partial charge >= 0.3 is 0 Å². The molecular formula is C28H29Cl2N3O3. The first-order chi connectivity index (χ1) is 17.3. The zero-order chi connectivity index (χ0) is 25.8. The number of anilines is 1. The van der Waals surface area contributed by atoms with Crippen molar-refractivity contribution >= 4 is 57.4 Å². The van der Waals surface area contributed by atoms with E-state index < -0.39 is 6.04 Å². The predicted octanol–water partition coefficient (Wildman–Crippen LogP) is 5.83. The van der Waals surface area contributed by atoms with E-state index in [0.29, 0.717) is 35.1 Å². The largest absolute Gasteiger partial charge is 0.354 e. The van der Waals surface area contributed by atoms with Gasteiger partial charge in [-0.25, -0.2) is 0 Å². The summed E-state index contributed by atoms with van der Waals surface area (Å²) in [6.45, 7) is 4.88. The van der Waals surface area contributed by atoms with Gasteiger partial charge in [-0.2, -0.15) is 0 Å². The maximum absolute atomic E-state index is 13.4. The van der Waals surface area contributed by atoms with Gasteiger partial charge < -0.3 is 15.1 Å². The van der Waals surface area contributed by atoms with Crippen molar-refractivity contribution in [2.45, 2.75) is 45.7 Å². The van der Waals surface area contributed by atoms with Crippen LogP contribution in [0.5, 0.6) is 0 Å². The van der Waals surface area contributed by atoms with Crippen molar-refractivity contribution in [1.29, 1.82) is 0 Å². The topological polar surface area (TPSA) is 69.7 Å². The Balaban J connectivity index is 1.46. The number of rotatable bonds is 10. The van der Waals surface area contributed by atoms with E-state index in [1.165, 1.54) is 0 Å². The molecule has 0 unspecified atom stereocenters. The Morgan fingerprint density at radius 2 is 1.81 bits per heavy atom. The lowest BCUT2D eigenvalue weighted by molar-refractivity contribution is -0.140. The third-order valence-electron chi connectivity index (χ3n) is 6.47. The van der Waals surface area contributed by atoms with Crippen molar-refractivity contribution in [2.75, 3.05) is 18.0 Å². The lowest BCUT2D eigenvalue weighted by Gasteiger charge is -2.29. The summed E-state index contributed by atoms with van der Waals surface area (Å²) in [5.74, 6) is -0.418. The summed E-state index contributed by atoms with van der Waals surface area (Å²) in [4.78, 5) is 42.4. The fourth-order valence-corrected chi connectivity index (χ4v) is 4.87. The number of carbonyl (C=O) groups is 3. The number of benzene rings is 3. The van der Waals surface area contributed by atoms with Crippen LogP contribution in [-0.4, -0.2) is 41.8 Å². The zero-order valence-electron chi connectivity index (χ0n) is 20.4. The van der Waals surface area contributed by atoms with Gasteiger partial charge in [0.05, 0.1) is 15.7 Å². The van der Waals surface area contributed by atoms with Gasteiger partial charge in [0.2, 0.25) is 11.8 Å². The number of halogens is 2. The van der Waals surface area contributed by atoms with E-state index in [4.69, 9.17) is 23.2 Å². The molecule has 0 radical (unpaired) electrons. The SMILES string of the molecule is CCCNC(=O)[C@H](C)N(Cc1ccc(Cl)c(Cl)c1)C(=O)CCCN1C(=O)c2cccc3cccc1c23.